The second kappa shape index (κ2) is 8.68. The summed E-state index contributed by atoms with van der Waals surface area (Å²) in [6.45, 7) is 4.04. The molecular weight excluding hydrogens is 336 g/mol. The zero-order valence-corrected chi connectivity index (χ0v) is 15.8. The van der Waals surface area contributed by atoms with Crippen molar-refractivity contribution in [3.05, 3.63) is 70.8 Å². The van der Waals surface area contributed by atoms with E-state index in [4.69, 9.17) is 4.74 Å². The average molecular weight is 364 g/mol. The first-order valence-corrected chi connectivity index (χ1v) is 10.0. The SMILES string of the molecule is O=C(Cc1cccc2c1CCNC2)N(Cc1ccccc1)CC1CCCO1. The molecule has 2 aliphatic heterocycles. The molecule has 1 amide bonds. The second-order valence-corrected chi connectivity index (χ2v) is 7.55. The molecule has 4 nitrogen and oxygen atoms in total. The van der Waals surface area contributed by atoms with E-state index in [9.17, 15) is 4.79 Å². The third-order valence-corrected chi connectivity index (χ3v) is 5.60. The van der Waals surface area contributed by atoms with Gasteiger partial charge in [0.1, 0.15) is 0 Å². The predicted molar refractivity (Wildman–Crippen MR) is 106 cm³/mol. The van der Waals surface area contributed by atoms with E-state index in [2.05, 4.69) is 35.6 Å². The molecule has 2 aliphatic rings. The van der Waals surface area contributed by atoms with Crippen LogP contribution in [-0.2, 0) is 35.5 Å². The lowest BCUT2D eigenvalue weighted by molar-refractivity contribution is -0.132. The minimum atomic E-state index is 0.173. The van der Waals surface area contributed by atoms with Crippen molar-refractivity contribution >= 4 is 5.91 Å². The Morgan fingerprint density at radius 3 is 2.85 bits per heavy atom. The number of hydrogen-bond acceptors (Lipinski definition) is 3. The standard InChI is InChI=1S/C23H28N2O2/c26-23(14-19-8-4-9-20-15-24-12-11-22(19)20)25(17-21-10-5-13-27-21)16-18-6-2-1-3-7-18/h1-4,6-9,21,24H,5,10-17H2. The Kier molecular flexibility index (Phi) is 5.85. The van der Waals surface area contributed by atoms with E-state index in [0.717, 1.165) is 39.0 Å². The first-order chi connectivity index (χ1) is 13.3. The molecule has 4 rings (SSSR count). The number of amides is 1. The number of nitrogens with zero attached hydrogens (tertiary/aromatic N) is 1. The summed E-state index contributed by atoms with van der Waals surface area (Å²) < 4.78 is 5.81. The van der Waals surface area contributed by atoms with E-state index in [1.165, 1.54) is 22.3 Å². The minimum Gasteiger partial charge on any atom is -0.376 e. The number of rotatable bonds is 6. The fourth-order valence-electron chi connectivity index (χ4n) is 4.14. The molecule has 0 radical (unpaired) electrons. The number of benzene rings is 2. The topological polar surface area (TPSA) is 41.6 Å². The van der Waals surface area contributed by atoms with Crippen molar-refractivity contribution in [1.82, 2.24) is 10.2 Å². The highest BCUT2D eigenvalue weighted by molar-refractivity contribution is 5.79. The van der Waals surface area contributed by atoms with E-state index in [0.29, 0.717) is 19.5 Å². The van der Waals surface area contributed by atoms with Crippen molar-refractivity contribution < 1.29 is 9.53 Å². The van der Waals surface area contributed by atoms with E-state index >= 15 is 0 Å². The number of ether oxygens (including phenoxy) is 1. The summed E-state index contributed by atoms with van der Waals surface area (Å²) in [6.07, 6.45) is 3.79. The van der Waals surface area contributed by atoms with E-state index in [1.807, 2.05) is 23.1 Å². The van der Waals surface area contributed by atoms with Crippen LogP contribution < -0.4 is 5.32 Å². The Morgan fingerprint density at radius 2 is 2.04 bits per heavy atom. The molecule has 4 heteroatoms. The maximum absolute atomic E-state index is 13.2. The maximum atomic E-state index is 13.2. The molecule has 1 unspecified atom stereocenters. The number of fused-ring (bicyclic) bond motifs is 1. The largest absolute Gasteiger partial charge is 0.376 e. The van der Waals surface area contributed by atoms with Crippen LogP contribution in [0.1, 0.15) is 35.1 Å². The number of carbonyl (C=O) groups excluding carboxylic acids is 1. The van der Waals surface area contributed by atoms with Gasteiger partial charge < -0.3 is 15.0 Å². The van der Waals surface area contributed by atoms with Crippen molar-refractivity contribution in [1.29, 1.82) is 0 Å². The van der Waals surface area contributed by atoms with E-state index < -0.39 is 0 Å². The van der Waals surface area contributed by atoms with Gasteiger partial charge in [-0.3, -0.25) is 4.79 Å². The molecule has 1 saturated heterocycles. The molecule has 0 aromatic heterocycles. The second-order valence-electron chi connectivity index (χ2n) is 7.55. The molecule has 27 heavy (non-hydrogen) atoms. The van der Waals surface area contributed by atoms with E-state index in [-0.39, 0.29) is 12.0 Å². The molecule has 0 aliphatic carbocycles. The first kappa shape index (κ1) is 18.2. The van der Waals surface area contributed by atoms with Crippen molar-refractivity contribution in [2.75, 3.05) is 19.7 Å². The van der Waals surface area contributed by atoms with Gasteiger partial charge in [0.15, 0.2) is 0 Å². The van der Waals surface area contributed by atoms with Gasteiger partial charge in [-0.15, -0.1) is 0 Å². The summed E-state index contributed by atoms with van der Waals surface area (Å²) in [6, 6.07) is 16.6. The summed E-state index contributed by atoms with van der Waals surface area (Å²) in [5.74, 6) is 0.196. The van der Waals surface area contributed by atoms with Crippen molar-refractivity contribution in [2.45, 2.75) is 44.9 Å². The van der Waals surface area contributed by atoms with Gasteiger partial charge in [-0.25, -0.2) is 0 Å². The van der Waals surface area contributed by atoms with Gasteiger partial charge >= 0.3 is 0 Å². The normalized spacial score (nSPS) is 18.9. The van der Waals surface area contributed by atoms with E-state index in [1.54, 1.807) is 0 Å². The van der Waals surface area contributed by atoms with Crippen LogP contribution in [0.5, 0.6) is 0 Å². The minimum absolute atomic E-state index is 0.173. The lowest BCUT2D eigenvalue weighted by Gasteiger charge is -2.27. The van der Waals surface area contributed by atoms with Gasteiger partial charge in [-0.1, -0.05) is 48.5 Å². The third kappa shape index (κ3) is 4.57. The highest BCUT2D eigenvalue weighted by Gasteiger charge is 2.24. The first-order valence-electron chi connectivity index (χ1n) is 10.0. The fraction of sp³-hybridized carbons (Fsp3) is 0.435. The Balaban J connectivity index is 1.51. The van der Waals surface area contributed by atoms with Gasteiger partial charge in [0.25, 0.3) is 0 Å². The molecule has 142 valence electrons. The lowest BCUT2D eigenvalue weighted by atomic mass is 9.93. The van der Waals surface area contributed by atoms with Crippen LogP contribution in [0, 0.1) is 0 Å². The van der Waals surface area contributed by atoms with Crippen molar-refractivity contribution in [3.8, 4) is 0 Å². The monoisotopic (exact) mass is 364 g/mol. The lowest BCUT2D eigenvalue weighted by Crippen LogP contribution is -2.38. The molecule has 2 aromatic rings. The molecular formula is C23H28N2O2. The van der Waals surface area contributed by atoms with Crippen LogP contribution in [0.3, 0.4) is 0 Å². The molecule has 1 fully saturated rings. The van der Waals surface area contributed by atoms with Crippen LogP contribution in [0.25, 0.3) is 0 Å². The summed E-state index contributed by atoms with van der Waals surface area (Å²) in [5.41, 5.74) is 5.05. The average Bonchev–Trinajstić information content (AvgIpc) is 3.22. The summed E-state index contributed by atoms with van der Waals surface area (Å²) >= 11 is 0. The molecule has 0 saturated carbocycles. The van der Waals surface area contributed by atoms with Crippen LogP contribution >= 0.6 is 0 Å². The van der Waals surface area contributed by atoms with Crippen molar-refractivity contribution in [3.63, 3.8) is 0 Å². The zero-order chi connectivity index (χ0) is 18.5. The molecule has 1 N–H and O–H groups in total. The predicted octanol–water partition coefficient (Wildman–Crippen LogP) is 3.08. The van der Waals surface area contributed by atoms with Crippen LogP contribution in [-0.4, -0.2) is 36.6 Å². The number of hydrogen-bond donors (Lipinski definition) is 1. The number of carbonyl (C=O) groups is 1. The van der Waals surface area contributed by atoms with Crippen LogP contribution in [0.2, 0.25) is 0 Å². The van der Waals surface area contributed by atoms with Crippen molar-refractivity contribution in [2.24, 2.45) is 0 Å². The fourth-order valence-corrected chi connectivity index (χ4v) is 4.14. The summed E-state index contributed by atoms with van der Waals surface area (Å²) in [7, 11) is 0. The molecule has 2 aromatic carbocycles. The smallest absolute Gasteiger partial charge is 0.227 e. The molecule has 1 atom stereocenters. The van der Waals surface area contributed by atoms with Gasteiger partial charge in [0, 0.05) is 26.2 Å². The zero-order valence-electron chi connectivity index (χ0n) is 15.8. The third-order valence-electron chi connectivity index (χ3n) is 5.60. The van der Waals surface area contributed by atoms with Gasteiger partial charge in [-0.05, 0) is 48.1 Å². The van der Waals surface area contributed by atoms with Gasteiger partial charge in [0.05, 0.1) is 12.5 Å². The Morgan fingerprint density at radius 1 is 1.15 bits per heavy atom. The van der Waals surface area contributed by atoms with Crippen LogP contribution in [0.15, 0.2) is 48.5 Å². The summed E-state index contributed by atoms with van der Waals surface area (Å²) in [4.78, 5) is 15.2. The Labute approximate surface area is 161 Å². The highest BCUT2D eigenvalue weighted by atomic mass is 16.5. The summed E-state index contributed by atoms with van der Waals surface area (Å²) in [5, 5.41) is 3.41. The molecule has 2 heterocycles. The molecule has 0 bridgehead atoms. The number of nitrogens with one attached hydrogen (secondary N) is 1. The quantitative estimate of drug-likeness (QED) is 0.856. The molecule has 0 spiro atoms. The Hall–Kier alpha value is -2.17. The van der Waals surface area contributed by atoms with Crippen LogP contribution in [0.4, 0.5) is 0 Å². The maximum Gasteiger partial charge on any atom is 0.227 e. The van der Waals surface area contributed by atoms with Gasteiger partial charge in [0.2, 0.25) is 5.91 Å². The highest BCUT2D eigenvalue weighted by Crippen LogP contribution is 2.21. The van der Waals surface area contributed by atoms with Gasteiger partial charge in [-0.2, -0.15) is 0 Å². The Bertz CT molecular complexity index is 769.